The van der Waals surface area contributed by atoms with Crippen molar-refractivity contribution in [3.8, 4) is 0 Å². The molecule has 3 nitrogen and oxygen atoms in total. The molecule has 0 radical (unpaired) electrons. The van der Waals surface area contributed by atoms with Gasteiger partial charge in [-0.1, -0.05) is 42.0 Å². The zero-order valence-electron chi connectivity index (χ0n) is 11.8. The average molecular weight is 266 g/mol. The zero-order valence-corrected chi connectivity index (χ0v) is 11.8. The predicted octanol–water partition coefficient (Wildman–Crippen LogP) is 3.54. The molecule has 0 aliphatic carbocycles. The molecule has 3 rings (SSSR count). The summed E-state index contributed by atoms with van der Waals surface area (Å²) in [5.41, 5.74) is 4.73. The van der Waals surface area contributed by atoms with Gasteiger partial charge in [0, 0.05) is 13.7 Å². The maximum absolute atomic E-state index is 5.27. The summed E-state index contributed by atoms with van der Waals surface area (Å²) < 4.78 is 7.50. The molecule has 0 spiro atoms. The Kier molecular flexibility index (Phi) is 3.52. The number of hydrogen-bond acceptors (Lipinski definition) is 2. The lowest BCUT2D eigenvalue weighted by atomic mass is 10.1. The minimum Gasteiger partial charge on any atom is -0.377 e. The number of para-hydroxylation sites is 2. The van der Waals surface area contributed by atoms with Gasteiger partial charge in [0.15, 0.2) is 0 Å². The largest absolute Gasteiger partial charge is 0.377 e. The summed E-state index contributed by atoms with van der Waals surface area (Å²) in [6.45, 7) is 3.45. The summed E-state index contributed by atoms with van der Waals surface area (Å²) in [7, 11) is 1.70. The molecule has 0 aliphatic heterocycles. The molecule has 1 aromatic heterocycles. The lowest BCUT2D eigenvalue weighted by Gasteiger charge is -2.09. The fraction of sp³-hybridized carbons (Fsp3) is 0.235. The number of benzene rings is 2. The van der Waals surface area contributed by atoms with Crippen molar-refractivity contribution in [1.29, 1.82) is 0 Å². The highest BCUT2D eigenvalue weighted by molar-refractivity contribution is 5.76. The number of fused-ring (bicyclic) bond motifs is 1. The van der Waals surface area contributed by atoms with E-state index >= 15 is 0 Å². The van der Waals surface area contributed by atoms with Crippen molar-refractivity contribution >= 4 is 11.0 Å². The molecule has 0 N–H and O–H groups in total. The topological polar surface area (TPSA) is 27.1 Å². The van der Waals surface area contributed by atoms with E-state index in [-0.39, 0.29) is 0 Å². The second-order valence-corrected chi connectivity index (χ2v) is 5.02. The Morgan fingerprint density at radius 2 is 1.80 bits per heavy atom. The normalized spacial score (nSPS) is 11.1. The van der Waals surface area contributed by atoms with E-state index in [2.05, 4.69) is 46.8 Å². The van der Waals surface area contributed by atoms with E-state index in [1.54, 1.807) is 7.11 Å². The van der Waals surface area contributed by atoms with Crippen LogP contribution in [-0.4, -0.2) is 16.7 Å². The summed E-state index contributed by atoms with van der Waals surface area (Å²) >= 11 is 0. The summed E-state index contributed by atoms with van der Waals surface area (Å²) in [6.07, 6.45) is 0. The Morgan fingerprint density at radius 3 is 2.55 bits per heavy atom. The molecular weight excluding hydrogens is 248 g/mol. The standard InChI is InChI=1S/C17H18N2O/c1-13-7-9-14(10-8-13)11-19-16-6-4-3-5-15(16)18-17(19)12-20-2/h3-10H,11-12H2,1-2H3. The third kappa shape index (κ3) is 2.45. The van der Waals surface area contributed by atoms with Gasteiger partial charge < -0.3 is 9.30 Å². The number of ether oxygens (including phenoxy) is 1. The second kappa shape index (κ2) is 5.47. The van der Waals surface area contributed by atoms with E-state index in [4.69, 9.17) is 4.74 Å². The van der Waals surface area contributed by atoms with Gasteiger partial charge in [-0.05, 0) is 24.6 Å². The molecule has 3 heteroatoms. The van der Waals surface area contributed by atoms with Crippen molar-refractivity contribution in [2.45, 2.75) is 20.1 Å². The summed E-state index contributed by atoms with van der Waals surface area (Å²) in [5.74, 6) is 0.967. The SMILES string of the molecule is COCc1nc2ccccc2n1Cc1ccc(C)cc1. The summed E-state index contributed by atoms with van der Waals surface area (Å²) in [4.78, 5) is 4.65. The smallest absolute Gasteiger partial charge is 0.136 e. The molecule has 0 atom stereocenters. The number of nitrogens with zero attached hydrogens (tertiary/aromatic N) is 2. The van der Waals surface area contributed by atoms with Gasteiger partial charge in [-0.3, -0.25) is 0 Å². The van der Waals surface area contributed by atoms with Gasteiger partial charge in [0.1, 0.15) is 12.4 Å². The summed E-state index contributed by atoms with van der Waals surface area (Å²) in [6, 6.07) is 16.8. The van der Waals surface area contributed by atoms with Crippen LogP contribution in [0.5, 0.6) is 0 Å². The molecule has 0 bridgehead atoms. The highest BCUT2D eigenvalue weighted by atomic mass is 16.5. The van der Waals surface area contributed by atoms with E-state index in [0.29, 0.717) is 6.61 Å². The van der Waals surface area contributed by atoms with Crippen molar-refractivity contribution in [3.63, 3.8) is 0 Å². The van der Waals surface area contributed by atoms with Crippen LogP contribution < -0.4 is 0 Å². The van der Waals surface area contributed by atoms with Gasteiger partial charge in [-0.2, -0.15) is 0 Å². The van der Waals surface area contributed by atoms with Crippen LogP contribution in [0.2, 0.25) is 0 Å². The fourth-order valence-corrected chi connectivity index (χ4v) is 2.42. The van der Waals surface area contributed by atoms with Gasteiger partial charge in [0.2, 0.25) is 0 Å². The van der Waals surface area contributed by atoms with Gasteiger partial charge in [0.25, 0.3) is 0 Å². The Bertz CT molecular complexity index is 713. The first-order valence-corrected chi connectivity index (χ1v) is 6.76. The maximum atomic E-state index is 5.27. The van der Waals surface area contributed by atoms with Crippen LogP contribution in [0.25, 0.3) is 11.0 Å². The van der Waals surface area contributed by atoms with E-state index in [9.17, 15) is 0 Å². The number of hydrogen-bond donors (Lipinski definition) is 0. The highest BCUT2D eigenvalue weighted by Crippen LogP contribution is 2.18. The van der Waals surface area contributed by atoms with E-state index in [0.717, 1.165) is 23.4 Å². The van der Waals surface area contributed by atoms with Crippen LogP contribution >= 0.6 is 0 Å². The van der Waals surface area contributed by atoms with Crippen LogP contribution in [-0.2, 0) is 17.9 Å². The lowest BCUT2D eigenvalue weighted by molar-refractivity contribution is 0.175. The Morgan fingerprint density at radius 1 is 1.05 bits per heavy atom. The van der Waals surface area contributed by atoms with Crippen molar-refractivity contribution < 1.29 is 4.74 Å². The molecule has 3 aromatic rings. The van der Waals surface area contributed by atoms with Gasteiger partial charge in [-0.15, -0.1) is 0 Å². The minimum atomic E-state index is 0.528. The molecule has 102 valence electrons. The number of methoxy groups -OCH3 is 1. The minimum absolute atomic E-state index is 0.528. The molecular formula is C17H18N2O. The Labute approximate surface area is 118 Å². The Hall–Kier alpha value is -2.13. The molecule has 0 amide bonds. The second-order valence-electron chi connectivity index (χ2n) is 5.02. The fourth-order valence-electron chi connectivity index (χ4n) is 2.42. The van der Waals surface area contributed by atoms with E-state index < -0.39 is 0 Å². The number of aromatic nitrogens is 2. The highest BCUT2D eigenvalue weighted by Gasteiger charge is 2.10. The number of rotatable bonds is 4. The number of aryl methyl sites for hydroxylation is 1. The molecule has 20 heavy (non-hydrogen) atoms. The monoisotopic (exact) mass is 266 g/mol. The van der Waals surface area contributed by atoms with Crippen LogP contribution in [0.1, 0.15) is 17.0 Å². The number of imidazole rings is 1. The molecule has 0 saturated carbocycles. The van der Waals surface area contributed by atoms with E-state index in [1.807, 2.05) is 18.2 Å². The summed E-state index contributed by atoms with van der Waals surface area (Å²) in [5, 5.41) is 0. The van der Waals surface area contributed by atoms with Gasteiger partial charge in [-0.25, -0.2) is 4.98 Å². The first-order chi connectivity index (χ1) is 9.78. The third-order valence-electron chi connectivity index (χ3n) is 3.47. The first-order valence-electron chi connectivity index (χ1n) is 6.76. The quantitative estimate of drug-likeness (QED) is 0.722. The van der Waals surface area contributed by atoms with E-state index in [1.165, 1.54) is 11.1 Å². The first kappa shape index (κ1) is 12.9. The lowest BCUT2D eigenvalue weighted by Crippen LogP contribution is -2.06. The van der Waals surface area contributed by atoms with Crippen molar-refractivity contribution in [1.82, 2.24) is 9.55 Å². The van der Waals surface area contributed by atoms with Gasteiger partial charge >= 0.3 is 0 Å². The average Bonchev–Trinajstić information content (AvgIpc) is 2.80. The van der Waals surface area contributed by atoms with Crippen molar-refractivity contribution in [3.05, 3.63) is 65.5 Å². The van der Waals surface area contributed by atoms with Crippen LogP contribution in [0.15, 0.2) is 48.5 Å². The molecule has 1 heterocycles. The van der Waals surface area contributed by atoms with Crippen LogP contribution in [0.4, 0.5) is 0 Å². The maximum Gasteiger partial charge on any atom is 0.136 e. The molecule has 0 aliphatic rings. The van der Waals surface area contributed by atoms with Crippen LogP contribution in [0.3, 0.4) is 0 Å². The van der Waals surface area contributed by atoms with Crippen molar-refractivity contribution in [2.75, 3.05) is 7.11 Å². The molecule has 2 aromatic carbocycles. The molecule has 0 unspecified atom stereocenters. The van der Waals surface area contributed by atoms with Crippen LogP contribution in [0, 0.1) is 6.92 Å². The van der Waals surface area contributed by atoms with Gasteiger partial charge in [0.05, 0.1) is 11.0 Å². The molecule has 0 fully saturated rings. The molecule has 0 saturated heterocycles. The predicted molar refractivity (Wildman–Crippen MR) is 80.7 cm³/mol. The third-order valence-corrected chi connectivity index (χ3v) is 3.47. The zero-order chi connectivity index (χ0) is 13.9. The Balaban J connectivity index is 2.04. The van der Waals surface area contributed by atoms with Crippen molar-refractivity contribution in [2.24, 2.45) is 0 Å².